The van der Waals surface area contributed by atoms with Gasteiger partial charge in [-0.25, -0.2) is 0 Å². The fraction of sp³-hybridized carbons (Fsp3) is 1.00. The zero-order valence-corrected chi connectivity index (χ0v) is 9.10. The van der Waals surface area contributed by atoms with E-state index in [0.717, 1.165) is 32.5 Å². The molecule has 0 saturated carbocycles. The van der Waals surface area contributed by atoms with Crippen LogP contribution >= 0.6 is 0 Å². The Morgan fingerprint density at radius 3 is 2.62 bits per heavy atom. The molecule has 0 aliphatic heterocycles. The van der Waals surface area contributed by atoms with Gasteiger partial charge < -0.3 is 15.2 Å². The molecule has 0 aliphatic carbocycles. The number of ether oxygens (including phenoxy) is 1. The van der Waals surface area contributed by atoms with Crippen molar-refractivity contribution in [2.75, 3.05) is 33.4 Å². The van der Waals surface area contributed by atoms with E-state index in [2.05, 4.69) is 19.2 Å². The van der Waals surface area contributed by atoms with Gasteiger partial charge in [-0.3, -0.25) is 0 Å². The number of aliphatic hydroxyl groups is 1. The first-order valence-corrected chi connectivity index (χ1v) is 4.93. The number of hydrogen-bond acceptors (Lipinski definition) is 3. The zero-order chi connectivity index (χ0) is 10.2. The predicted octanol–water partition coefficient (Wildman–Crippen LogP) is 1.02. The predicted molar refractivity (Wildman–Crippen MR) is 54.8 cm³/mol. The lowest BCUT2D eigenvalue weighted by Crippen LogP contribution is -2.31. The van der Waals surface area contributed by atoms with E-state index in [-0.39, 0.29) is 5.41 Å². The van der Waals surface area contributed by atoms with Crippen molar-refractivity contribution >= 4 is 0 Å². The third kappa shape index (κ3) is 8.22. The van der Waals surface area contributed by atoms with Crippen LogP contribution in [0.2, 0.25) is 0 Å². The lowest BCUT2D eigenvalue weighted by atomic mass is 9.88. The molecule has 0 amide bonds. The summed E-state index contributed by atoms with van der Waals surface area (Å²) in [5.41, 5.74) is 0.274. The Balaban J connectivity index is 3.39. The van der Waals surface area contributed by atoms with Crippen molar-refractivity contribution in [2.45, 2.75) is 26.7 Å². The molecule has 0 aromatic heterocycles. The number of hydrogen-bond donors (Lipinski definition) is 2. The fourth-order valence-corrected chi connectivity index (χ4v) is 1.25. The molecule has 0 unspecified atom stereocenters. The van der Waals surface area contributed by atoms with Crippen molar-refractivity contribution in [3.63, 3.8) is 0 Å². The number of aliphatic hydroxyl groups excluding tert-OH is 1. The van der Waals surface area contributed by atoms with Gasteiger partial charge in [0, 0.05) is 26.8 Å². The second-order valence-electron chi connectivity index (χ2n) is 4.16. The Kier molecular flexibility index (Phi) is 7.23. The van der Waals surface area contributed by atoms with Crippen LogP contribution in [0.4, 0.5) is 0 Å². The minimum absolute atomic E-state index is 0.274. The number of nitrogens with one attached hydrogen (secondary N) is 1. The van der Waals surface area contributed by atoms with E-state index in [9.17, 15) is 0 Å². The summed E-state index contributed by atoms with van der Waals surface area (Å²) in [7, 11) is 1.71. The van der Waals surface area contributed by atoms with Crippen molar-refractivity contribution in [3.8, 4) is 0 Å². The Morgan fingerprint density at radius 2 is 2.08 bits per heavy atom. The molecule has 0 rings (SSSR count). The maximum atomic E-state index is 8.70. The van der Waals surface area contributed by atoms with Gasteiger partial charge >= 0.3 is 0 Å². The average molecular weight is 189 g/mol. The van der Waals surface area contributed by atoms with Crippen LogP contribution < -0.4 is 5.32 Å². The van der Waals surface area contributed by atoms with Crippen molar-refractivity contribution in [2.24, 2.45) is 5.41 Å². The summed E-state index contributed by atoms with van der Waals surface area (Å²) in [5.74, 6) is 0. The molecule has 0 bridgehead atoms. The van der Waals surface area contributed by atoms with Gasteiger partial charge in [0.15, 0.2) is 0 Å². The zero-order valence-electron chi connectivity index (χ0n) is 9.10. The third-order valence-corrected chi connectivity index (χ3v) is 2.10. The Labute approximate surface area is 81.5 Å². The summed E-state index contributed by atoms with van der Waals surface area (Å²) >= 11 is 0. The highest BCUT2D eigenvalue weighted by Gasteiger charge is 2.15. The summed E-state index contributed by atoms with van der Waals surface area (Å²) in [5, 5.41) is 12.0. The van der Waals surface area contributed by atoms with Crippen LogP contribution in [0.15, 0.2) is 0 Å². The second-order valence-corrected chi connectivity index (χ2v) is 4.16. The van der Waals surface area contributed by atoms with Crippen molar-refractivity contribution in [1.82, 2.24) is 5.32 Å². The van der Waals surface area contributed by atoms with Crippen molar-refractivity contribution in [3.05, 3.63) is 0 Å². The van der Waals surface area contributed by atoms with Gasteiger partial charge in [-0.2, -0.15) is 0 Å². The molecule has 0 aromatic rings. The van der Waals surface area contributed by atoms with Crippen LogP contribution in [0.3, 0.4) is 0 Å². The van der Waals surface area contributed by atoms with E-state index in [1.54, 1.807) is 7.11 Å². The molecule has 0 spiro atoms. The Morgan fingerprint density at radius 1 is 1.38 bits per heavy atom. The van der Waals surface area contributed by atoms with E-state index in [0.29, 0.717) is 6.61 Å². The molecule has 0 heterocycles. The first-order valence-electron chi connectivity index (χ1n) is 4.93. The van der Waals surface area contributed by atoms with Gasteiger partial charge in [0.25, 0.3) is 0 Å². The van der Waals surface area contributed by atoms with Gasteiger partial charge in [-0.05, 0) is 18.3 Å². The SMILES string of the molecule is COCCNCC(C)(C)CCCO. The monoisotopic (exact) mass is 189 g/mol. The summed E-state index contributed by atoms with van der Waals surface area (Å²) in [6.07, 6.45) is 1.95. The van der Waals surface area contributed by atoms with Crippen molar-refractivity contribution < 1.29 is 9.84 Å². The first-order chi connectivity index (χ1) is 6.12. The quantitative estimate of drug-likeness (QED) is 0.560. The van der Waals surface area contributed by atoms with Gasteiger partial charge in [0.2, 0.25) is 0 Å². The fourth-order valence-electron chi connectivity index (χ4n) is 1.25. The highest BCUT2D eigenvalue weighted by molar-refractivity contribution is 4.71. The van der Waals surface area contributed by atoms with Gasteiger partial charge in [0.05, 0.1) is 6.61 Å². The molecule has 80 valence electrons. The Bertz CT molecular complexity index is 115. The maximum absolute atomic E-state index is 8.70. The highest BCUT2D eigenvalue weighted by atomic mass is 16.5. The highest BCUT2D eigenvalue weighted by Crippen LogP contribution is 2.20. The minimum Gasteiger partial charge on any atom is -0.396 e. The van der Waals surface area contributed by atoms with Crippen LogP contribution in [0, 0.1) is 5.41 Å². The number of methoxy groups -OCH3 is 1. The van der Waals surface area contributed by atoms with E-state index in [4.69, 9.17) is 9.84 Å². The van der Waals surface area contributed by atoms with Crippen LogP contribution in [0.25, 0.3) is 0 Å². The number of rotatable bonds is 8. The molecule has 0 aliphatic rings. The lowest BCUT2D eigenvalue weighted by molar-refractivity contribution is 0.189. The lowest BCUT2D eigenvalue weighted by Gasteiger charge is -2.24. The molecule has 3 nitrogen and oxygen atoms in total. The van der Waals surface area contributed by atoms with Crippen LogP contribution in [0.5, 0.6) is 0 Å². The normalized spacial score (nSPS) is 12.0. The van der Waals surface area contributed by atoms with Crippen LogP contribution in [-0.2, 0) is 4.74 Å². The summed E-state index contributed by atoms with van der Waals surface area (Å²) < 4.78 is 4.94. The third-order valence-electron chi connectivity index (χ3n) is 2.10. The molecule has 13 heavy (non-hydrogen) atoms. The molecule has 0 saturated heterocycles. The molecule has 0 atom stereocenters. The van der Waals surface area contributed by atoms with Gasteiger partial charge in [-0.15, -0.1) is 0 Å². The molecular weight excluding hydrogens is 166 g/mol. The van der Waals surface area contributed by atoms with E-state index in [1.165, 1.54) is 0 Å². The molecule has 3 heteroatoms. The van der Waals surface area contributed by atoms with E-state index < -0.39 is 0 Å². The Hall–Kier alpha value is -0.120. The van der Waals surface area contributed by atoms with Crippen LogP contribution in [0.1, 0.15) is 26.7 Å². The van der Waals surface area contributed by atoms with Gasteiger partial charge in [0.1, 0.15) is 0 Å². The first kappa shape index (κ1) is 12.9. The largest absolute Gasteiger partial charge is 0.396 e. The average Bonchev–Trinajstić information content (AvgIpc) is 2.09. The van der Waals surface area contributed by atoms with E-state index in [1.807, 2.05) is 0 Å². The minimum atomic E-state index is 0.274. The molecule has 0 aromatic carbocycles. The second kappa shape index (κ2) is 7.30. The summed E-state index contributed by atoms with van der Waals surface area (Å²) in [6, 6.07) is 0. The summed E-state index contributed by atoms with van der Waals surface area (Å²) in [6.45, 7) is 7.36. The van der Waals surface area contributed by atoms with Gasteiger partial charge in [-0.1, -0.05) is 13.8 Å². The molecule has 2 N–H and O–H groups in total. The van der Waals surface area contributed by atoms with Crippen LogP contribution in [-0.4, -0.2) is 38.5 Å². The maximum Gasteiger partial charge on any atom is 0.0587 e. The van der Waals surface area contributed by atoms with Crippen molar-refractivity contribution in [1.29, 1.82) is 0 Å². The summed E-state index contributed by atoms with van der Waals surface area (Å²) in [4.78, 5) is 0. The molecule has 0 fully saturated rings. The molecular formula is C10H23NO2. The topological polar surface area (TPSA) is 41.5 Å². The standard InChI is InChI=1S/C10H23NO2/c1-10(2,5-4-7-12)9-11-6-8-13-3/h11-12H,4-9H2,1-3H3. The van der Waals surface area contributed by atoms with E-state index >= 15 is 0 Å². The molecule has 0 radical (unpaired) electrons. The smallest absolute Gasteiger partial charge is 0.0587 e.